The lowest BCUT2D eigenvalue weighted by Crippen LogP contribution is -2.36. The third-order valence-electron chi connectivity index (χ3n) is 3.75. The second-order valence-corrected chi connectivity index (χ2v) is 6.11. The Balaban J connectivity index is 1.94. The highest BCUT2D eigenvalue weighted by Gasteiger charge is 2.20. The minimum atomic E-state index is -0.365. The van der Waals surface area contributed by atoms with E-state index < -0.39 is 0 Å². The van der Waals surface area contributed by atoms with Crippen LogP contribution in [-0.2, 0) is 11.3 Å². The van der Waals surface area contributed by atoms with Gasteiger partial charge in [0.05, 0.1) is 4.92 Å². The van der Waals surface area contributed by atoms with E-state index in [1.807, 2.05) is 6.07 Å². The number of nitro benzene ring substituents is 1. The monoisotopic (exact) mass is 342 g/mol. The van der Waals surface area contributed by atoms with Gasteiger partial charge in [-0.15, -0.1) is 0 Å². The number of halogens is 1. The number of hydrogen-bond acceptors (Lipinski definition) is 4. The number of nitrogens with zero attached hydrogens (tertiary/aromatic N) is 1. The summed E-state index contributed by atoms with van der Waals surface area (Å²) in [6.45, 7) is 4.47. The zero-order valence-corrected chi connectivity index (χ0v) is 13.1. The molecule has 0 amide bonds. The zero-order chi connectivity index (χ0) is 14.5. The highest BCUT2D eigenvalue weighted by Crippen LogP contribution is 2.22. The number of ether oxygens (including phenoxy) is 1. The van der Waals surface area contributed by atoms with Crippen molar-refractivity contribution in [1.29, 1.82) is 0 Å². The molecule has 1 aromatic carbocycles. The van der Waals surface area contributed by atoms with E-state index in [0.29, 0.717) is 18.5 Å². The summed E-state index contributed by atoms with van der Waals surface area (Å²) in [6.07, 6.45) is 2.15. The molecular formula is C14H19BrN2O3. The van der Waals surface area contributed by atoms with Crippen LogP contribution in [0, 0.1) is 16.0 Å². The average Bonchev–Trinajstić information content (AvgIpc) is 2.45. The first kappa shape index (κ1) is 15.4. The molecular weight excluding hydrogens is 324 g/mol. The molecule has 1 aromatic rings. The van der Waals surface area contributed by atoms with Crippen molar-refractivity contribution >= 4 is 21.6 Å². The van der Waals surface area contributed by atoms with Gasteiger partial charge in [0.2, 0.25) is 0 Å². The molecule has 0 saturated carbocycles. The Morgan fingerprint density at radius 1 is 1.45 bits per heavy atom. The molecule has 0 radical (unpaired) electrons. The molecule has 2 rings (SSSR count). The van der Waals surface area contributed by atoms with Crippen LogP contribution in [0.15, 0.2) is 22.7 Å². The molecule has 1 aliphatic heterocycles. The van der Waals surface area contributed by atoms with Gasteiger partial charge in [0.1, 0.15) is 0 Å². The predicted octanol–water partition coefficient (Wildman–Crippen LogP) is 3.26. The van der Waals surface area contributed by atoms with Gasteiger partial charge in [-0.2, -0.15) is 0 Å². The van der Waals surface area contributed by atoms with E-state index in [1.165, 1.54) is 6.07 Å². The Labute approximate surface area is 127 Å². The van der Waals surface area contributed by atoms with Gasteiger partial charge in [0.25, 0.3) is 5.69 Å². The van der Waals surface area contributed by atoms with Crippen LogP contribution in [0.1, 0.15) is 25.3 Å². The van der Waals surface area contributed by atoms with E-state index in [2.05, 4.69) is 28.2 Å². The summed E-state index contributed by atoms with van der Waals surface area (Å²) in [6, 6.07) is 5.44. The van der Waals surface area contributed by atoms with Crippen LogP contribution in [0.25, 0.3) is 0 Å². The molecule has 1 N–H and O–H groups in total. The van der Waals surface area contributed by atoms with Gasteiger partial charge >= 0.3 is 0 Å². The summed E-state index contributed by atoms with van der Waals surface area (Å²) in [7, 11) is 0. The number of hydrogen-bond donors (Lipinski definition) is 1. The second-order valence-electron chi connectivity index (χ2n) is 5.19. The molecule has 0 bridgehead atoms. The SMILES string of the molecule is CC(NCc1cc(Br)cc([N+](=O)[O-])c1)C1CCOCC1. The Morgan fingerprint density at radius 2 is 2.15 bits per heavy atom. The van der Waals surface area contributed by atoms with E-state index in [9.17, 15) is 10.1 Å². The maximum absolute atomic E-state index is 10.8. The number of non-ortho nitro benzene ring substituents is 1. The average molecular weight is 343 g/mol. The van der Waals surface area contributed by atoms with Crippen molar-refractivity contribution < 1.29 is 9.66 Å². The zero-order valence-electron chi connectivity index (χ0n) is 11.5. The van der Waals surface area contributed by atoms with Gasteiger partial charge in [0, 0.05) is 42.4 Å². The summed E-state index contributed by atoms with van der Waals surface area (Å²) in [4.78, 5) is 10.5. The fraction of sp³-hybridized carbons (Fsp3) is 0.571. The van der Waals surface area contributed by atoms with Crippen molar-refractivity contribution in [2.75, 3.05) is 13.2 Å². The van der Waals surface area contributed by atoms with Gasteiger partial charge in [-0.1, -0.05) is 15.9 Å². The molecule has 1 unspecified atom stereocenters. The molecule has 1 saturated heterocycles. The second kappa shape index (κ2) is 7.15. The Hall–Kier alpha value is -0.980. The largest absolute Gasteiger partial charge is 0.381 e. The molecule has 1 heterocycles. The van der Waals surface area contributed by atoms with Gasteiger partial charge in [0.15, 0.2) is 0 Å². The van der Waals surface area contributed by atoms with E-state index in [4.69, 9.17) is 4.74 Å². The van der Waals surface area contributed by atoms with Gasteiger partial charge < -0.3 is 10.1 Å². The minimum Gasteiger partial charge on any atom is -0.381 e. The summed E-state index contributed by atoms with van der Waals surface area (Å²) >= 11 is 3.32. The normalized spacial score (nSPS) is 17.9. The summed E-state index contributed by atoms with van der Waals surface area (Å²) in [5.41, 5.74) is 1.04. The van der Waals surface area contributed by atoms with Gasteiger partial charge in [-0.05, 0) is 37.3 Å². The maximum atomic E-state index is 10.8. The fourth-order valence-electron chi connectivity index (χ4n) is 2.50. The number of nitro groups is 1. The molecule has 6 heteroatoms. The molecule has 20 heavy (non-hydrogen) atoms. The molecule has 1 aliphatic rings. The topological polar surface area (TPSA) is 64.4 Å². The quantitative estimate of drug-likeness (QED) is 0.658. The van der Waals surface area contributed by atoms with Crippen LogP contribution in [0.4, 0.5) is 5.69 Å². The van der Waals surface area contributed by atoms with Crippen LogP contribution in [0.3, 0.4) is 0 Å². The first-order valence-electron chi connectivity index (χ1n) is 6.81. The number of rotatable bonds is 5. The van der Waals surface area contributed by atoms with Crippen LogP contribution in [0.5, 0.6) is 0 Å². The molecule has 5 nitrogen and oxygen atoms in total. The first-order chi connectivity index (χ1) is 9.56. The van der Waals surface area contributed by atoms with Crippen LogP contribution in [0.2, 0.25) is 0 Å². The number of nitrogens with one attached hydrogen (secondary N) is 1. The third kappa shape index (κ3) is 4.26. The smallest absolute Gasteiger partial charge is 0.270 e. The summed E-state index contributed by atoms with van der Waals surface area (Å²) < 4.78 is 6.10. The molecule has 0 spiro atoms. The van der Waals surface area contributed by atoms with E-state index in [1.54, 1.807) is 6.07 Å². The summed E-state index contributed by atoms with van der Waals surface area (Å²) in [5, 5.41) is 14.3. The standard InChI is InChI=1S/C14H19BrN2O3/c1-10(12-2-4-20-5-3-12)16-9-11-6-13(15)8-14(7-11)17(18)19/h6-8,10,12,16H,2-5,9H2,1H3. The van der Waals surface area contributed by atoms with Crippen molar-refractivity contribution in [2.24, 2.45) is 5.92 Å². The molecule has 1 atom stereocenters. The molecule has 0 aromatic heterocycles. The third-order valence-corrected chi connectivity index (χ3v) is 4.21. The summed E-state index contributed by atoms with van der Waals surface area (Å²) in [5.74, 6) is 0.617. The first-order valence-corrected chi connectivity index (χ1v) is 7.60. The van der Waals surface area contributed by atoms with Gasteiger partial charge in [-0.3, -0.25) is 10.1 Å². The van der Waals surface area contributed by atoms with E-state index >= 15 is 0 Å². The van der Waals surface area contributed by atoms with Crippen molar-refractivity contribution in [3.8, 4) is 0 Å². The van der Waals surface area contributed by atoms with Crippen molar-refractivity contribution in [1.82, 2.24) is 5.32 Å². The molecule has 0 aliphatic carbocycles. The van der Waals surface area contributed by atoms with Crippen LogP contribution < -0.4 is 5.32 Å². The van der Waals surface area contributed by atoms with E-state index in [0.717, 1.165) is 36.1 Å². The van der Waals surface area contributed by atoms with Crippen molar-refractivity contribution in [2.45, 2.75) is 32.4 Å². The predicted molar refractivity (Wildman–Crippen MR) is 80.6 cm³/mol. The Kier molecular flexibility index (Phi) is 5.51. The lowest BCUT2D eigenvalue weighted by Gasteiger charge is -2.28. The lowest BCUT2D eigenvalue weighted by atomic mass is 9.93. The Bertz CT molecular complexity index is 475. The molecule has 110 valence electrons. The fourth-order valence-corrected chi connectivity index (χ4v) is 3.03. The minimum absolute atomic E-state index is 0.120. The molecule has 1 fully saturated rings. The number of benzene rings is 1. The lowest BCUT2D eigenvalue weighted by molar-refractivity contribution is -0.385. The maximum Gasteiger partial charge on any atom is 0.270 e. The highest BCUT2D eigenvalue weighted by atomic mass is 79.9. The Morgan fingerprint density at radius 3 is 2.80 bits per heavy atom. The van der Waals surface area contributed by atoms with Crippen molar-refractivity contribution in [3.63, 3.8) is 0 Å². The highest BCUT2D eigenvalue weighted by molar-refractivity contribution is 9.10. The van der Waals surface area contributed by atoms with Crippen molar-refractivity contribution in [3.05, 3.63) is 38.3 Å². The van der Waals surface area contributed by atoms with Crippen LogP contribution in [-0.4, -0.2) is 24.2 Å². The van der Waals surface area contributed by atoms with E-state index in [-0.39, 0.29) is 10.6 Å². The van der Waals surface area contributed by atoms with Gasteiger partial charge in [-0.25, -0.2) is 0 Å². The van der Waals surface area contributed by atoms with Crippen LogP contribution >= 0.6 is 15.9 Å².